The molecule has 34 heavy (non-hydrogen) atoms. The molecule has 1 unspecified atom stereocenters. The maximum atomic E-state index is 13.2. The van der Waals surface area contributed by atoms with Crippen molar-refractivity contribution in [1.29, 1.82) is 0 Å². The first-order chi connectivity index (χ1) is 15.6. The van der Waals surface area contributed by atoms with Gasteiger partial charge in [0.1, 0.15) is 12.7 Å². The average molecular weight is 587 g/mol. The lowest BCUT2D eigenvalue weighted by molar-refractivity contribution is -0.222. The molecule has 0 N–H and O–H groups in total. The number of hydrogen-bond donors (Lipinski definition) is 0. The van der Waals surface area contributed by atoms with E-state index in [1.165, 1.54) is 0 Å². The molecule has 0 spiro atoms. The van der Waals surface area contributed by atoms with Gasteiger partial charge in [-0.25, -0.2) is 4.79 Å². The highest BCUT2D eigenvalue weighted by Gasteiger charge is 2.45. The number of benzene rings is 1. The smallest absolute Gasteiger partial charge is 0.426 e. The van der Waals surface area contributed by atoms with Gasteiger partial charge in [0.05, 0.1) is 12.8 Å². The minimum absolute atomic E-state index is 0.338. The second-order valence-corrected chi connectivity index (χ2v) is 10.5. The summed E-state index contributed by atoms with van der Waals surface area (Å²) in [6.07, 6.45) is -9.91. The lowest BCUT2D eigenvalue weighted by atomic mass is 10.1. The highest BCUT2D eigenvalue weighted by Crippen LogP contribution is 2.40. The lowest BCUT2D eigenvalue weighted by Gasteiger charge is -2.21. The third-order valence-electron chi connectivity index (χ3n) is 4.48. The van der Waals surface area contributed by atoms with E-state index in [4.69, 9.17) is 62.7 Å². The van der Waals surface area contributed by atoms with Crippen molar-refractivity contribution in [2.24, 2.45) is 0 Å². The monoisotopic (exact) mass is 584 g/mol. The summed E-state index contributed by atoms with van der Waals surface area (Å²) in [6, 6.07) is 3.14. The number of carbonyl (C=O) groups excluding carboxylic acids is 3. The van der Waals surface area contributed by atoms with Crippen molar-refractivity contribution in [2.75, 3.05) is 6.61 Å². The topological polar surface area (TPSA) is 78.9 Å². The van der Waals surface area contributed by atoms with Crippen LogP contribution in [0.15, 0.2) is 24.3 Å². The van der Waals surface area contributed by atoms with Gasteiger partial charge in [-0.1, -0.05) is 64.6 Å². The molecule has 0 saturated carbocycles. The van der Waals surface area contributed by atoms with E-state index in [9.17, 15) is 27.6 Å². The van der Waals surface area contributed by atoms with E-state index in [0.717, 1.165) is 5.56 Å². The number of halogens is 8. The number of rotatable bonds is 8. The third kappa shape index (κ3) is 8.68. The first-order valence-electron chi connectivity index (χ1n) is 9.42. The van der Waals surface area contributed by atoms with Gasteiger partial charge >= 0.3 is 24.1 Å². The molecule has 2 rings (SSSR count). The van der Waals surface area contributed by atoms with Crippen molar-refractivity contribution in [1.82, 2.24) is 0 Å². The van der Waals surface area contributed by atoms with Gasteiger partial charge in [0.25, 0.3) is 0 Å². The number of hydrogen-bond acceptors (Lipinski definition) is 6. The maximum Gasteiger partial charge on any atom is 0.426 e. The molecule has 0 bridgehead atoms. The third-order valence-corrected chi connectivity index (χ3v) is 5.36. The fourth-order valence-electron chi connectivity index (χ4n) is 2.98. The van der Waals surface area contributed by atoms with Crippen molar-refractivity contribution in [3.63, 3.8) is 0 Å². The van der Waals surface area contributed by atoms with Crippen LogP contribution in [0.5, 0.6) is 0 Å². The standard InChI is InChI=1S/C20H16Cl5F3O6/c1-9(4-17(30)33-14-3-2-11-12(14)5-10(21)6-13(11)22)18(31)34-15(20(26,27)28)7-16(29)32-8-19(23,24)25/h5-6,14-15H,1-4,7-8H2/t14?,15-/m1/s1. The van der Waals surface area contributed by atoms with Crippen LogP contribution in [0.4, 0.5) is 13.2 Å². The summed E-state index contributed by atoms with van der Waals surface area (Å²) in [5.74, 6) is -3.91. The summed E-state index contributed by atoms with van der Waals surface area (Å²) in [7, 11) is 0. The van der Waals surface area contributed by atoms with Crippen molar-refractivity contribution < 1.29 is 41.8 Å². The molecular weight excluding hydrogens is 570 g/mol. The Morgan fingerprint density at radius 1 is 1.12 bits per heavy atom. The van der Waals surface area contributed by atoms with E-state index in [2.05, 4.69) is 16.1 Å². The van der Waals surface area contributed by atoms with E-state index in [1.54, 1.807) is 12.1 Å². The van der Waals surface area contributed by atoms with Crippen molar-refractivity contribution in [3.05, 3.63) is 45.5 Å². The van der Waals surface area contributed by atoms with E-state index in [1.807, 2.05) is 0 Å². The number of carbonyl (C=O) groups is 3. The second-order valence-electron chi connectivity index (χ2n) is 7.17. The minimum Gasteiger partial charge on any atom is -0.461 e. The molecule has 6 nitrogen and oxygen atoms in total. The van der Waals surface area contributed by atoms with E-state index in [-0.39, 0.29) is 0 Å². The summed E-state index contributed by atoms with van der Waals surface area (Å²) in [6.45, 7) is 2.46. The predicted molar refractivity (Wildman–Crippen MR) is 119 cm³/mol. The van der Waals surface area contributed by atoms with Crippen LogP contribution in [0.25, 0.3) is 0 Å². The van der Waals surface area contributed by atoms with Crippen LogP contribution in [0.1, 0.15) is 36.5 Å². The molecule has 0 saturated heterocycles. The molecule has 1 aromatic carbocycles. The van der Waals surface area contributed by atoms with Gasteiger partial charge in [0.2, 0.25) is 9.90 Å². The Hall–Kier alpha value is -1.39. The Morgan fingerprint density at radius 2 is 1.76 bits per heavy atom. The first kappa shape index (κ1) is 28.8. The summed E-state index contributed by atoms with van der Waals surface area (Å²) < 4.78 is 51.7. The SMILES string of the molecule is C=C(CC(=O)OC1CCc2c(Cl)cc(Cl)cc21)C(=O)O[C@H](CC(=O)OCC(Cl)(Cl)Cl)C(F)(F)F. The zero-order chi connectivity index (χ0) is 25.8. The van der Waals surface area contributed by atoms with E-state index < -0.39 is 65.1 Å². The van der Waals surface area contributed by atoms with Crippen LogP contribution in [-0.2, 0) is 35.0 Å². The molecule has 2 atom stereocenters. The number of alkyl halides is 6. The summed E-state index contributed by atoms with van der Waals surface area (Å²) in [4.78, 5) is 35.9. The molecule has 0 aliphatic heterocycles. The van der Waals surface area contributed by atoms with E-state index in [0.29, 0.717) is 28.5 Å². The zero-order valence-electron chi connectivity index (χ0n) is 17.0. The van der Waals surface area contributed by atoms with Crippen LogP contribution >= 0.6 is 58.0 Å². The van der Waals surface area contributed by atoms with Gasteiger partial charge < -0.3 is 14.2 Å². The summed E-state index contributed by atoms with van der Waals surface area (Å²) in [5, 5.41) is 0.754. The van der Waals surface area contributed by atoms with Gasteiger partial charge in [0.15, 0.2) is 0 Å². The van der Waals surface area contributed by atoms with Gasteiger partial charge in [-0.3, -0.25) is 9.59 Å². The Bertz CT molecular complexity index is 977. The lowest BCUT2D eigenvalue weighted by Crippen LogP contribution is -2.37. The van der Waals surface area contributed by atoms with E-state index >= 15 is 0 Å². The van der Waals surface area contributed by atoms with Gasteiger partial charge in [-0.05, 0) is 36.1 Å². The van der Waals surface area contributed by atoms with Gasteiger partial charge in [-0.2, -0.15) is 13.2 Å². The second kappa shape index (κ2) is 11.6. The fraction of sp³-hybridized carbons (Fsp3) is 0.450. The molecule has 1 aromatic rings. The highest BCUT2D eigenvalue weighted by atomic mass is 35.6. The van der Waals surface area contributed by atoms with Gasteiger partial charge in [-0.15, -0.1) is 0 Å². The minimum atomic E-state index is -5.12. The van der Waals surface area contributed by atoms with Crippen molar-refractivity contribution in [3.8, 4) is 0 Å². The van der Waals surface area contributed by atoms with Gasteiger partial charge in [0, 0.05) is 15.6 Å². The number of esters is 3. The molecule has 0 heterocycles. The van der Waals surface area contributed by atoms with Crippen molar-refractivity contribution in [2.45, 2.75) is 47.9 Å². The van der Waals surface area contributed by atoms with Crippen LogP contribution in [0, 0.1) is 0 Å². The number of ether oxygens (including phenoxy) is 3. The Kier molecular flexibility index (Phi) is 9.81. The molecular formula is C20H16Cl5F3O6. The molecule has 14 heteroatoms. The van der Waals surface area contributed by atoms with Crippen LogP contribution in [-0.4, -0.2) is 40.6 Å². The first-order valence-corrected chi connectivity index (χ1v) is 11.3. The Morgan fingerprint density at radius 3 is 2.35 bits per heavy atom. The van der Waals surface area contributed by atoms with Crippen LogP contribution in [0.3, 0.4) is 0 Å². The van der Waals surface area contributed by atoms with Crippen LogP contribution < -0.4 is 0 Å². The highest BCUT2D eigenvalue weighted by molar-refractivity contribution is 6.67. The molecule has 0 amide bonds. The zero-order valence-corrected chi connectivity index (χ0v) is 20.8. The molecule has 0 aromatic heterocycles. The molecule has 0 radical (unpaired) electrons. The number of fused-ring (bicyclic) bond motifs is 1. The fourth-order valence-corrected chi connectivity index (χ4v) is 3.75. The van der Waals surface area contributed by atoms with Crippen molar-refractivity contribution >= 4 is 75.9 Å². The summed E-state index contributed by atoms with van der Waals surface area (Å²) >= 11 is 28.2. The quantitative estimate of drug-likeness (QED) is 0.155. The predicted octanol–water partition coefficient (Wildman–Crippen LogP) is 6.25. The largest absolute Gasteiger partial charge is 0.461 e. The van der Waals surface area contributed by atoms with Crippen LogP contribution in [0.2, 0.25) is 10.0 Å². The molecule has 0 fully saturated rings. The molecule has 1 aliphatic rings. The average Bonchev–Trinajstić information content (AvgIpc) is 3.07. The summed E-state index contributed by atoms with van der Waals surface area (Å²) in [5.41, 5.74) is 0.748. The Labute approximate surface area is 217 Å². The normalized spacial score (nSPS) is 16.4. The molecule has 1 aliphatic carbocycles. The Balaban J connectivity index is 1.94. The maximum absolute atomic E-state index is 13.2. The molecule has 188 valence electrons.